The van der Waals surface area contributed by atoms with Crippen LogP contribution in [0.2, 0.25) is 0 Å². The van der Waals surface area contributed by atoms with Crippen molar-refractivity contribution in [1.82, 2.24) is 24.8 Å². The van der Waals surface area contributed by atoms with Crippen LogP contribution in [0.4, 0.5) is 5.82 Å². The second-order valence-corrected chi connectivity index (χ2v) is 9.07. The van der Waals surface area contributed by atoms with Crippen LogP contribution < -0.4 is 4.90 Å². The van der Waals surface area contributed by atoms with Crippen molar-refractivity contribution in [2.75, 3.05) is 45.2 Å². The van der Waals surface area contributed by atoms with Crippen LogP contribution in [0.3, 0.4) is 0 Å². The lowest BCUT2D eigenvalue weighted by Gasteiger charge is -2.34. The second kappa shape index (κ2) is 9.35. The van der Waals surface area contributed by atoms with Crippen LogP contribution in [-0.4, -0.2) is 65.0 Å². The third-order valence-corrected chi connectivity index (χ3v) is 6.73. The van der Waals surface area contributed by atoms with Crippen molar-refractivity contribution >= 4 is 5.82 Å². The van der Waals surface area contributed by atoms with E-state index in [0.29, 0.717) is 6.04 Å². The van der Waals surface area contributed by atoms with Crippen molar-refractivity contribution < 1.29 is 0 Å². The summed E-state index contributed by atoms with van der Waals surface area (Å²) in [5.41, 5.74) is 4.76. The molecule has 0 bridgehead atoms. The molecule has 1 aromatic carbocycles. The SMILES string of the molecule is CN1CCN(c2cc(CN(C)C3CCCc4cccnc43)nc(-c3ccccc3)n2)CC1. The van der Waals surface area contributed by atoms with E-state index in [4.69, 9.17) is 15.0 Å². The number of piperazine rings is 1. The fourth-order valence-corrected chi connectivity index (χ4v) is 4.86. The maximum atomic E-state index is 4.99. The van der Waals surface area contributed by atoms with Crippen LogP contribution in [-0.2, 0) is 13.0 Å². The Balaban J connectivity index is 1.44. The molecular formula is C26H32N6. The zero-order valence-electron chi connectivity index (χ0n) is 19.1. The van der Waals surface area contributed by atoms with E-state index >= 15 is 0 Å². The minimum Gasteiger partial charge on any atom is -0.354 e. The van der Waals surface area contributed by atoms with Gasteiger partial charge in [-0.15, -0.1) is 0 Å². The highest BCUT2D eigenvalue weighted by atomic mass is 15.3. The highest BCUT2D eigenvalue weighted by Crippen LogP contribution is 2.33. The monoisotopic (exact) mass is 428 g/mol. The van der Waals surface area contributed by atoms with Crippen molar-refractivity contribution in [3.63, 3.8) is 0 Å². The molecule has 1 aliphatic carbocycles. The fourth-order valence-electron chi connectivity index (χ4n) is 4.86. The van der Waals surface area contributed by atoms with Gasteiger partial charge in [-0.1, -0.05) is 36.4 Å². The molecule has 3 heterocycles. The molecule has 0 spiro atoms. The Morgan fingerprint density at radius 1 is 1.00 bits per heavy atom. The lowest BCUT2D eigenvalue weighted by molar-refractivity contribution is 0.206. The van der Waals surface area contributed by atoms with Gasteiger partial charge in [-0.2, -0.15) is 0 Å². The number of rotatable bonds is 5. The zero-order chi connectivity index (χ0) is 21.9. The Morgan fingerprint density at radius 3 is 2.62 bits per heavy atom. The van der Waals surface area contributed by atoms with Gasteiger partial charge in [0.05, 0.1) is 17.4 Å². The number of hydrogen-bond acceptors (Lipinski definition) is 6. The molecule has 1 atom stereocenters. The highest BCUT2D eigenvalue weighted by molar-refractivity contribution is 5.58. The van der Waals surface area contributed by atoms with Crippen molar-refractivity contribution in [3.8, 4) is 11.4 Å². The van der Waals surface area contributed by atoms with Crippen LogP contribution >= 0.6 is 0 Å². The molecule has 3 aromatic rings. The molecule has 6 heteroatoms. The Bertz CT molecular complexity index is 1050. The number of fused-ring (bicyclic) bond motifs is 1. The van der Waals surface area contributed by atoms with Crippen molar-refractivity contribution in [2.24, 2.45) is 0 Å². The molecule has 0 saturated carbocycles. The summed E-state index contributed by atoms with van der Waals surface area (Å²) in [7, 11) is 4.39. The highest BCUT2D eigenvalue weighted by Gasteiger charge is 2.26. The number of anilines is 1. The van der Waals surface area contributed by atoms with E-state index in [2.05, 4.69) is 71.3 Å². The number of benzene rings is 1. The van der Waals surface area contributed by atoms with Crippen molar-refractivity contribution in [2.45, 2.75) is 31.8 Å². The summed E-state index contributed by atoms with van der Waals surface area (Å²) in [4.78, 5) is 21.9. The topological polar surface area (TPSA) is 48.4 Å². The Morgan fingerprint density at radius 2 is 1.81 bits per heavy atom. The Hall–Kier alpha value is -2.83. The molecule has 1 saturated heterocycles. The first-order chi connectivity index (χ1) is 15.7. The third kappa shape index (κ3) is 4.52. The van der Waals surface area contributed by atoms with E-state index in [9.17, 15) is 0 Å². The summed E-state index contributed by atoms with van der Waals surface area (Å²) < 4.78 is 0. The lowest BCUT2D eigenvalue weighted by Crippen LogP contribution is -2.45. The quantitative estimate of drug-likeness (QED) is 0.616. The van der Waals surface area contributed by atoms with Crippen molar-refractivity contribution in [3.05, 3.63) is 71.7 Å². The predicted molar refractivity (Wildman–Crippen MR) is 129 cm³/mol. The normalized spacial score (nSPS) is 19.2. The molecule has 166 valence electrons. The van der Waals surface area contributed by atoms with Gasteiger partial charge < -0.3 is 9.80 Å². The van der Waals surface area contributed by atoms with E-state index in [1.807, 2.05) is 12.3 Å². The molecule has 2 aromatic heterocycles. The summed E-state index contributed by atoms with van der Waals surface area (Å²) in [5.74, 6) is 1.85. The first-order valence-corrected chi connectivity index (χ1v) is 11.7. The molecular weight excluding hydrogens is 396 g/mol. The van der Waals surface area contributed by atoms with Gasteiger partial charge in [0.15, 0.2) is 5.82 Å². The zero-order valence-corrected chi connectivity index (χ0v) is 19.1. The van der Waals surface area contributed by atoms with Gasteiger partial charge in [-0.05, 0) is 45.0 Å². The van der Waals surface area contributed by atoms with E-state index in [0.717, 1.165) is 68.5 Å². The van der Waals surface area contributed by atoms with E-state index < -0.39 is 0 Å². The lowest BCUT2D eigenvalue weighted by atomic mass is 9.91. The molecule has 32 heavy (non-hydrogen) atoms. The third-order valence-electron chi connectivity index (χ3n) is 6.73. The summed E-state index contributed by atoms with van der Waals surface area (Å²) in [5, 5.41) is 0. The minimum atomic E-state index is 0.335. The molecule has 0 radical (unpaired) electrons. The molecule has 1 fully saturated rings. The summed E-state index contributed by atoms with van der Waals surface area (Å²) in [6, 6.07) is 17.1. The standard InChI is InChI=1S/C26H32N6/c1-30-14-16-32(17-15-30)24-18-22(28-26(29-24)21-8-4-3-5-9-21)19-31(2)23-12-6-10-20-11-7-13-27-25(20)23/h3-5,7-9,11,13,18,23H,6,10,12,14-17,19H2,1-2H3. The predicted octanol–water partition coefficient (Wildman–Crippen LogP) is 3.80. The van der Waals surface area contributed by atoms with Crippen LogP contribution in [0, 0.1) is 0 Å². The average Bonchev–Trinajstić information content (AvgIpc) is 2.84. The number of pyridine rings is 1. The van der Waals surface area contributed by atoms with E-state index in [-0.39, 0.29) is 0 Å². The molecule has 0 amide bonds. The van der Waals surface area contributed by atoms with Crippen LogP contribution in [0.1, 0.15) is 35.8 Å². The largest absolute Gasteiger partial charge is 0.354 e. The first kappa shape index (κ1) is 21.0. The number of hydrogen-bond donors (Lipinski definition) is 0. The molecule has 2 aliphatic rings. The number of aryl methyl sites for hydroxylation is 1. The average molecular weight is 429 g/mol. The Kier molecular flexibility index (Phi) is 6.14. The second-order valence-electron chi connectivity index (χ2n) is 9.07. The van der Waals surface area contributed by atoms with Gasteiger partial charge >= 0.3 is 0 Å². The van der Waals surface area contributed by atoms with Gasteiger partial charge in [0.1, 0.15) is 5.82 Å². The summed E-state index contributed by atoms with van der Waals surface area (Å²) in [6.45, 7) is 4.90. The molecule has 1 aliphatic heterocycles. The minimum absolute atomic E-state index is 0.335. The van der Waals surface area contributed by atoms with Gasteiger partial charge in [0.25, 0.3) is 0 Å². The first-order valence-electron chi connectivity index (χ1n) is 11.7. The van der Waals surface area contributed by atoms with Gasteiger partial charge in [-0.25, -0.2) is 9.97 Å². The van der Waals surface area contributed by atoms with E-state index in [1.54, 1.807) is 0 Å². The molecule has 1 unspecified atom stereocenters. The maximum Gasteiger partial charge on any atom is 0.161 e. The van der Waals surface area contributed by atoms with Crippen LogP contribution in [0.5, 0.6) is 0 Å². The Labute approximate surface area is 190 Å². The smallest absolute Gasteiger partial charge is 0.161 e. The summed E-state index contributed by atoms with van der Waals surface area (Å²) >= 11 is 0. The molecule has 0 N–H and O–H groups in total. The number of nitrogens with zero attached hydrogens (tertiary/aromatic N) is 6. The fraction of sp³-hybridized carbons (Fsp3) is 0.423. The van der Waals surface area contributed by atoms with E-state index in [1.165, 1.54) is 17.7 Å². The van der Waals surface area contributed by atoms with Gasteiger partial charge in [0, 0.05) is 50.6 Å². The molecule has 6 nitrogen and oxygen atoms in total. The van der Waals surface area contributed by atoms with Gasteiger partial charge in [0.2, 0.25) is 0 Å². The number of aromatic nitrogens is 3. The van der Waals surface area contributed by atoms with Crippen LogP contribution in [0.25, 0.3) is 11.4 Å². The molecule has 5 rings (SSSR count). The maximum absolute atomic E-state index is 4.99. The van der Waals surface area contributed by atoms with Gasteiger partial charge in [-0.3, -0.25) is 9.88 Å². The van der Waals surface area contributed by atoms with Crippen molar-refractivity contribution in [1.29, 1.82) is 0 Å². The van der Waals surface area contributed by atoms with Crippen LogP contribution in [0.15, 0.2) is 54.7 Å². The number of likely N-dealkylation sites (N-methyl/N-ethyl adjacent to an activating group) is 1. The summed E-state index contributed by atoms with van der Waals surface area (Å²) in [6.07, 6.45) is 5.41.